The lowest BCUT2D eigenvalue weighted by Gasteiger charge is -2.05. The molecule has 0 saturated heterocycles. The average molecular weight is 234 g/mol. The number of anilines is 1. The van der Waals surface area contributed by atoms with Crippen molar-refractivity contribution in [3.8, 4) is 11.3 Å². The predicted molar refractivity (Wildman–Crippen MR) is 66.8 cm³/mol. The van der Waals surface area contributed by atoms with Crippen molar-refractivity contribution in [1.29, 1.82) is 0 Å². The van der Waals surface area contributed by atoms with Crippen molar-refractivity contribution in [2.45, 2.75) is 6.92 Å². The first-order valence-corrected chi connectivity index (χ1v) is 5.36. The van der Waals surface area contributed by atoms with Crippen molar-refractivity contribution < 1.29 is 0 Å². The van der Waals surface area contributed by atoms with Crippen LogP contribution in [0.25, 0.3) is 11.3 Å². The van der Waals surface area contributed by atoms with E-state index in [0.717, 1.165) is 27.9 Å². The lowest BCUT2D eigenvalue weighted by atomic mass is 10.1. The number of hydrogen-bond donors (Lipinski definition) is 1. The Bertz CT molecular complexity index is 494. The number of benzene rings is 1. The second-order valence-electron chi connectivity index (χ2n) is 3.44. The Balaban J connectivity index is 2.47. The van der Waals surface area contributed by atoms with Crippen molar-refractivity contribution in [2.75, 3.05) is 12.4 Å². The average Bonchev–Trinajstić information content (AvgIpc) is 2.29. The molecule has 0 fully saturated rings. The topological polar surface area (TPSA) is 37.8 Å². The number of halogens is 1. The molecule has 0 radical (unpaired) electrons. The number of nitrogens with one attached hydrogen (secondary N) is 1. The summed E-state index contributed by atoms with van der Waals surface area (Å²) in [6.45, 7) is 1.88. The smallest absolute Gasteiger partial charge is 0.130 e. The third kappa shape index (κ3) is 2.31. The number of rotatable bonds is 2. The third-order valence-corrected chi connectivity index (χ3v) is 2.49. The zero-order valence-corrected chi connectivity index (χ0v) is 9.92. The van der Waals surface area contributed by atoms with Crippen molar-refractivity contribution in [3.05, 3.63) is 41.2 Å². The molecular formula is C12H12ClN3. The van der Waals surface area contributed by atoms with Crippen LogP contribution in [0.15, 0.2) is 30.3 Å². The van der Waals surface area contributed by atoms with E-state index in [9.17, 15) is 0 Å². The molecule has 0 spiro atoms. The van der Waals surface area contributed by atoms with Gasteiger partial charge in [-0.1, -0.05) is 23.7 Å². The van der Waals surface area contributed by atoms with Gasteiger partial charge in [-0.15, -0.1) is 0 Å². The Kier molecular flexibility index (Phi) is 3.06. The number of aromatic nitrogens is 2. The number of nitrogens with zero attached hydrogens (tertiary/aromatic N) is 2. The Morgan fingerprint density at radius 1 is 1.12 bits per heavy atom. The Morgan fingerprint density at radius 2 is 1.81 bits per heavy atom. The highest BCUT2D eigenvalue weighted by Crippen LogP contribution is 2.21. The van der Waals surface area contributed by atoms with Crippen LogP contribution in [-0.2, 0) is 0 Å². The van der Waals surface area contributed by atoms with E-state index in [4.69, 9.17) is 11.6 Å². The van der Waals surface area contributed by atoms with Gasteiger partial charge in [0, 0.05) is 23.7 Å². The van der Waals surface area contributed by atoms with E-state index in [1.54, 1.807) is 0 Å². The van der Waals surface area contributed by atoms with Crippen LogP contribution in [0.4, 0.5) is 5.82 Å². The molecule has 1 aromatic heterocycles. The van der Waals surface area contributed by atoms with Gasteiger partial charge in [0.2, 0.25) is 0 Å². The fraction of sp³-hybridized carbons (Fsp3) is 0.167. The van der Waals surface area contributed by atoms with Crippen LogP contribution in [0, 0.1) is 6.92 Å². The molecule has 0 aliphatic rings. The van der Waals surface area contributed by atoms with Crippen LogP contribution < -0.4 is 5.32 Å². The van der Waals surface area contributed by atoms with Crippen molar-refractivity contribution in [2.24, 2.45) is 0 Å². The molecule has 0 aliphatic heterocycles. The molecule has 1 heterocycles. The quantitative estimate of drug-likeness (QED) is 0.866. The van der Waals surface area contributed by atoms with E-state index in [0.29, 0.717) is 0 Å². The standard InChI is InChI=1S/C12H12ClN3/c1-8-15-11(7-12(14-2)16-8)9-3-5-10(13)6-4-9/h3-7H,1-2H3,(H,14,15,16). The predicted octanol–water partition coefficient (Wildman–Crippen LogP) is 3.15. The molecule has 0 atom stereocenters. The van der Waals surface area contributed by atoms with Crippen LogP contribution in [0.5, 0.6) is 0 Å². The zero-order chi connectivity index (χ0) is 11.5. The molecule has 0 unspecified atom stereocenters. The molecule has 0 amide bonds. The maximum atomic E-state index is 5.84. The summed E-state index contributed by atoms with van der Waals surface area (Å²) in [5.41, 5.74) is 1.93. The lowest BCUT2D eigenvalue weighted by molar-refractivity contribution is 1.06. The first kappa shape index (κ1) is 10.9. The van der Waals surface area contributed by atoms with Gasteiger partial charge >= 0.3 is 0 Å². The van der Waals surface area contributed by atoms with E-state index in [1.807, 2.05) is 44.3 Å². The fourth-order valence-corrected chi connectivity index (χ4v) is 1.59. The van der Waals surface area contributed by atoms with Gasteiger partial charge in [-0.2, -0.15) is 0 Å². The van der Waals surface area contributed by atoms with Crippen LogP contribution in [0.1, 0.15) is 5.82 Å². The van der Waals surface area contributed by atoms with E-state index < -0.39 is 0 Å². The van der Waals surface area contributed by atoms with Crippen molar-refractivity contribution >= 4 is 17.4 Å². The maximum absolute atomic E-state index is 5.84. The van der Waals surface area contributed by atoms with Crippen molar-refractivity contribution in [1.82, 2.24) is 9.97 Å². The molecule has 16 heavy (non-hydrogen) atoms. The summed E-state index contributed by atoms with van der Waals surface area (Å²) in [7, 11) is 1.84. The summed E-state index contributed by atoms with van der Waals surface area (Å²) < 4.78 is 0. The first-order chi connectivity index (χ1) is 7.69. The fourth-order valence-electron chi connectivity index (χ4n) is 1.46. The Labute approximate surface area is 99.5 Å². The summed E-state index contributed by atoms with van der Waals surface area (Å²) in [5, 5.41) is 3.74. The van der Waals surface area contributed by atoms with Crippen LogP contribution in [-0.4, -0.2) is 17.0 Å². The van der Waals surface area contributed by atoms with Gasteiger partial charge in [-0.3, -0.25) is 0 Å². The van der Waals surface area contributed by atoms with E-state index in [2.05, 4.69) is 15.3 Å². The minimum absolute atomic E-state index is 0.725. The minimum atomic E-state index is 0.725. The molecule has 0 saturated carbocycles. The van der Waals surface area contributed by atoms with Gasteiger partial charge in [0.25, 0.3) is 0 Å². The highest BCUT2D eigenvalue weighted by atomic mass is 35.5. The Hall–Kier alpha value is -1.61. The second kappa shape index (κ2) is 4.49. The molecule has 4 heteroatoms. The van der Waals surface area contributed by atoms with Crippen LogP contribution in [0.2, 0.25) is 5.02 Å². The zero-order valence-electron chi connectivity index (χ0n) is 9.16. The lowest BCUT2D eigenvalue weighted by Crippen LogP contribution is -1.98. The van der Waals surface area contributed by atoms with Gasteiger partial charge in [-0.25, -0.2) is 9.97 Å². The largest absolute Gasteiger partial charge is 0.373 e. The minimum Gasteiger partial charge on any atom is -0.373 e. The number of hydrogen-bond acceptors (Lipinski definition) is 3. The molecule has 1 N–H and O–H groups in total. The SMILES string of the molecule is CNc1cc(-c2ccc(Cl)cc2)nc(C)n1. The van der Waals surface area contributed by atoms with E-state index in [-0.39, 0.29) is 0 Å². The van der Waals surface area contributed by atoms with Gasteiger partial charge in [0.1, 0.15) is 11.6 Å². The molecule has 2 aromatic rings. The number of aryl methyl sites for hydroxylation is 1. The van der Waals surface area contributed by atoms with Gasteiger partial charge in [0.05, 0.1) is 5.69 Å². The molecule has 2 rings (SSSR count). The normalized spacial score (nSPS) is 10.2. The summed E-state index contributed by atoms with van der Waals surface area (Å²) in [4.78, 5) is 8.63. The molecular weight excluding hydrogens is 222 g/mol. The van der Waals surface area contributed by atoms with Crippen LogP contribution in [0.3, 0.4) is 0 Å². The van der Waals surface area contributed by atoms with E-state index in [1.165, 1.54) is 0 Å². The monoisotopic (exact) mass is 233 g/mol. The molecule has 3 nitrogen and oxygen atoms in total. The molecule has 0 bridgehead atoms. The summed E-state index contributed by atoms with van der Waals surface area (Å²) in [5.74, 6) is 1.56. The first-order valence-electron chi connectivity index (χ1n) is 4.98. The maximum Gasteiger partial charge on any atom is 0.130 e. The summed E-state index contributed by atoms with van der Waals surface area (Å²) in [6, 6.07) is 9.52. The highest BCUT2D eigenvalue weighted by Gasteiger charge is 2.03. The van der Waals surface area contributed by atoms with Gasteiger partial charge < -0.3 is 5.32 Å². The third-order valence-electron chi connectivity index (χ3n) is 2.23. The van der Waals surface area contributed by atoms with Crippen molar-refractivity contribution in [3.63, 3.8) is 0 Å². The second-order valence-corrected chi connectivity index (χ2v) is 3.88. The molecule has 1 aromatic carbocycles. The van der Waals surface area contributed by atoms with Gasteiger partial charge in [-0.05, 0) is 19.1 Å². The highest BCUT2D eigenvalue weighted by molar-refractivity contribution is 6.30. The summed E-state index contributed by atoms with van der Waals surface area (Å²) >= 11 is 5.84. The molecule has 82 valence electrons. The Morgan fingerprint density at radius 3 is 2.44 bits per heavy atom. The van der Waals surface area contributed by atoms with Gasteiger partial charge in [0.15, 0.2) is 0 Å². The van der Waals surface area contributed by atoms with E-state index >= 15 is 0 Å². The molecule has 0 aliphatic carbocycles. The summed E-state index contributed by atoms with van der Waals surface area (Å²) in [6.07, 6.45) is 0. The van der Waals surface area contributed by atoms with Crippen LogP contribution >= 0.6 is 11.6 Å².